The third-order valence-corrected chi connectivity index (χ3v) is 6.17. The van der Waals surface area contributed by atoms with Crippen LogP contribution in [0.1, 0.15) is 37.8 Å². The number of unbranched alkanes of at least 4 members (excludes halogenated alkanes) is 2. The summed E-state index contributed by atoms with van der Waals surface area (Å²) in [6, 6.07) is 7.16. The zero-order valence-corrected chi connectivity index (χ0v) is 16.8. The predicted octanol–water partition coefficient (Wildman–Crippen LogP) is 2.84. The molecular weight excluding hydrogens is 383 g/mol. The van der Waals surface area contributed by atoms with E-state index >= 15 is 0 Å². The fourth-order valence-electron chi connectivity index (χ4n) is 2.94. The summed E-state index contributed by atoms with van der Waals surface area (Å²) in [5.41, 5.74) is 0.850. The molecule has 1 saturated heterocycles. The lowest BCUT2D eigenvalue weighted by Gasteiger charge is -2.37. The van der Waals surface area contributed by atoms with E-state index in [1.165, 1.54) is 0 Å². The van der Waals surface area contributed by atoms with Crippen LogP contribution in [0.4, 0.5) is 0 Å². The Morgan fingerprint density at radius 2 is 2.04 bits per heavy atom. The number of hydrogen-bond donors (Lipinski definition) is 1. The first-order chi connectivity index (χ1) is 11.4. The highest BCUT2D eigenvalue weighted by Gasteiger charge is 2.31. The molecular formula is C17H26Cl2N2O3S. The van der Waals surface area contributed by atoms with Crippen molar-refractivity contribution >= 4 is 39.8 Å². The van der Waals surface area contributed by atoms with Gasteiger partial charge in [0.2, 0.25) is 5.91 Å². The number of nitrogens with zero attached hydrogens (tertiary/aromatic N) is 1. The Labute approximate surface area is 161 Å². The van der Waals surface area contributed by atoms with Crippen LogP contribution < -0.4 is 5.32 Å². The van der Waals surface area contributed by atoms with Crippen LogP contribution in [0, 0.1) is 0 Å². The molecule has 0 spiro atoms. The number of carbonyl (C=O) groups is 1. The molecule has 0 radical (unpaired) electrons. The zero-order valence-electron chi connectivity index (χ0n) is 14.4. The lowest BCUT2D eigenvalue weighted by atomic mass is 10.0. The Hall–Kier alpha value is -0.820. The minimum atomic E-state index is -3.36. The third kappa shape index (κ3) is 6.44. The normalized spacial score (nSPS) is 17.8. The van der Waals surface area contributed by atoms with Gasteiger partial charge < -0.3 is 10.2 Å². The van der Waals surface area contributed by atoms with Gasteiger partial charge in [0, 0.05) is 24.7 Å². The Balaban J connectivity index is 0.00000312. The van der Waals surface area contributed by atoms with Gasteiger partial charge in [-0.2, -0.15) is 0 Å². The molecule has 8 heteroatoms. The first-order valence-corrected chi connectivity index (χ1v) is 10.6. The van der Waals surface area contributed by atoms with Crippen LogP contribution in [0.15, 0.2) is 24.3 Å². The van der Waals surface area contributed by atoms with Crippen LogP contribution in [0.3, 0.4) is 0 Å². The number of sulfone groups is 1. The SMILES string of the molecule is CCCCCS(=O)(=O)CC(=O)N1CCNCC1c1ccccc1Cl.Cl. The van der Waals surface area contributed by atoms with E-state index in [-0.39, 0.29) is 30.1 Å². The molecule has 1 aliphatic heterocycles. The van der Waals surface area contributed by atoms with Gasteiger partial charge in [0.05, 0.1) is 11.8 Å². The topological polar surface area (TPSA) is 66.5 Å². The number of nitrogens with one attached hydrogen (secondary N) is 1. The van der Waals surface area contributed by atoms with Gasteiger partial charge in [0.25, 0.3) is 0 Å². The van der Waals surface area contributed by atoms with Crippen molar-refractivity contribution in [1.29, 1.82) is 0 Å². The van der Waals surface area contributed by atoms with E-state index in [1.807, 2.05) is 25.1 Å². The largest absolute Gasteiger partial charge is 0.332 e. The first-order valence-electron chi connectivity index (χ1n) is 8.39. The standard InChI is InChI=1S/C17H25ClN2O3S.ClH/c1-2-3-6-11-24(22,23)13-17(21)20-10-9-19-12-16(20)14-7-4-5-8-15(14)18;/h4-5,7-8,16,19H,2-3,6,9-13H2,1H3;1H. The van der Waals surface area contributed by atoms with Crippen molar-refractivity contribution in [2.24, 2.45) is 0 Å². The van der Waals surface area contributed by atoms with E-state index in [0.717, 1.165) is 18.4 Å². The van der Waals surface area contributed by atoms with Gasteiger partial charge in [-0.05, 0) is 18.1 Å². The number of carbonyl (C=O) groups excluding carboxylic acids is 1. The first kappa shape index (κ1) is 22.2. The molecule has 1 unspecified atom stereocenters. The van der Waals surface area contributed by atoms with Crippen molar-refractivity contribution < 1.29 is 13.2 Å². The van der Waals surface area contributed by atoms with Gasteiger partial charge in [-0.15, -0.1) is 12.4 Å². The number of hydrogen-bond acceptors (Lipinski definition) is 4. The second-order valence-corrected chi connectivity index (χ2v) is 8.72. The summed E-state index contributed by atoms with van der Waals surface area (Å²) in [5, 5.41) is 3.84. The Morgan fingerprint density at radius 3 is 2.72 bits per heavy atom. The number of amides is 1. The summed E-state index contributed by atoms with van der Waals surface area (Å²) in [7, 11) is -3.36. The molecule has 5 nitrogen and oxygen atoms in total. The highest BCUT2D eigenvalue weighted by molar-refractivity contribution is 7.92. The summed E-state index contributed by atoms with van der Waals surface area (Å²) in [5.74, 6) is -0.675. The van der Waals surface area contributed by atoms with E-state index in [0.29, 0.717) is 31.1 Å². The monoisotopic (exact) mass is 408 g/mol. The van der Waals surface area contributed by atoms with Crippen molar-refractivity contribution in [3.05, 3.63) is 34.9 Å². The van der Waals surface area contributed by atoms with Gasteiger partial charge in [0.1, 0.15) is 5.75 Å². The predicted molar refractivity (Wildman–Crippen MR) is 104 cm³/mol. The smallest absolute Gasteiger partial charge is 0.238 e. The molecule has 0 bridgehead atoms. The molecule has 1 amide bonds. The van der Waals surface area contributed by atoms with E-state index in [1.54, 1.807) is 11.0 Å². The maximum absolute atomic E-state index is 12.6. The number of benzene rings is 1. The highest BCUT2D eigenvalue weighted by Crippen LogP contribution is 2.28. The zero-order chi connectivity index (χ0) is 17.6. The average molecular weight is 409 g/mol. The highest BCUT2D eigenvalue weighted by atomic mass is 35.5. The molecule has 1 atom stereocenters. The van der Waals surface area contributed by atoms with Gasteiger partial charge in [-0.1, -0.05) is 49.6 Å². The molecule has 0 aliphatic carbocycles. The fourth-order valence-corrected chi connectivity index (χ4v) is 4.53. The van der Waals surface area contributed by atoms with Gasteiger partial charge in [-0.3, -0.25) is 4.79 Å². The third-order valence-electron chi connectivity index (χ3n) is 4.23. The minimum absolute atomic E-state index is 0. The van der Waals surface area contributed by atoms with E-state index in [4.69, 9.17) is 11.6 Å². The van der Waals surface area contributed by atoms with Crippen molar-refractivity contribution in [2.75, 3.05) is 31.1 Å². The maximum atomic E-state index is 12.6. The Morgan fingerprint density at radius 1 is 1.32 bits per heavy atom. The van der Waals surface area contributed by atoms with E-state index in [9.17, 15) is 13.2 Å². The van der Waals surface area contributed by atoms with E-state index in [2.05, 4.69) is 5.32 Å². The second kappa shape index (κ2) is 10.4. The van der Waals surface area contributed by atoms with Crippen molar-refractivity contribution in [3.63, 3.8) is 0 Å². The quantitative estimate of drug-likeness (QED) is 0.704. The summed E-state index contributed by atoms with van der Waals surface area (Å²) < 4.78 is 24.4. The molecule has 142 valence electrons. The molecule has 1 aromatic rings. The number of piperazine rings is 1. The fraction of sp³-hybridized carbons (Fsp3) is 0.588. The maximum Gasteiger partial charge on any atom is 0.238 e. The summed E-state index contributed by atoms with van der Waals surface area (Å²) in [6.07, 6.45) is 2.43. The molecule has 0 saturated carbocycles. The lowest BCUT2D eigenvalue weighted by molar-refractivity contribution is -0.131. The molecule has 1 aliphatic rings. The molecule has 0 aromatic heterocycles. The van der Waals surface area contributed by atoms with Gasteiger partial charge in [0.15, 0.2) is 9.84 Å². The number of rotatable bonds is 7. The van der Waals surface area contributed by atoms with Crippen LogP contribution >= 0.6 is 24.0 Å². The molecule has 1 N–H and O–H groups in total. The molecule has 1 heterocycles. The summed E-state index contributed by atoms with van der Waals surface area (Å²) in [4.78, 5) is 14.3. The van der Waals surface area contributed by atoms with Crippen molar-refractivity contribution in [1.82, 2.24) is 10.2 Å². The van der Waals surface area contributed by atoms with Gasteiger partial charge >= 0.3 is 0 Å². The molecule has 25 heavy (non-hydrogen) atoms. The minimum Gasteiger partial charge on any atom is -0.332 e. The lowest BCUT2D eigenvalue weighted by Crippen LogP contribution is -2.50. The van der Waals surface area contributed by atoms with Crippen LogP contribution in [-0.4, -0.2) is 50.4 Å². The van der Waals surface area contributed by atoms with Gasteiger partial charge in [-0.25, -0.2) is 8.42 Å². The van der Waals surface area contributed by atoms with Crippen LogP contribution in [0.2, 0.25) is 5.02 Å². The Kier molecular flexibility index (Phi) is 9.21. The summed E-state index contributed by atoms with van der Waals surface area (Å²) >= 11 is 6.26. The Bertz CT molecular complexity index is 668. The average Bonchev–Trinajstić information content (AvgIpc) is 2.55. The van der Waals surface area contributed by atoms with Crippen LogP contribution in [-0.2, 0) is 14.6 Å². The summed E-state index contributed by atoms with van der Waals surface area (Å²) in [6.45, 7) is 3.74. The molecule has 1 aromatic carbocycles. The van der Waals surface area contributed by atoms with E-state index < -0.39 is 15.6 Å². The van der Waals surface area contributed by atoms with Crippen molar-refractivity contribution in [2.45, 2.75) is 32.2 Å². The molecule has 1 fully saturated rings. The van der Waals surface area contributed by atoms with Crippen LogP contribution in [0.25, 0.3) is 0 Å². The number of halogens is 2. The van der Waals surface area contributed by atoms with Crippen molar-refractivity contribution in [3.8, 4) is 0 Å². The second-order valence-electron chi connectivity index (χ2n) is 6.13. The van der Waals surface area contributed by atoms with Crippen LogP contribution in [0.5, 0.6) is 0 Å². The molecule has 2 rings (SSSR count).